The van der Waals surface area contributed by atoms with Gasteiger partial charge in [-0.25, -0.2) is 9.59 Å². The van der Waals surface area contributed by atoms with Crippen LogP contribution in [0.4, 0.5) is 0 Å². The molecule has 1 heterocycles. The van der Waals surface area contributed by atoms with Gasteiger partial charge in [0.05, 0.1) is 13.2 Å². The van der Waals surface area contributed by atoms with Gasteiger partial charge in [0, 0.05) is 24.5 Å². The maximum absolute atomic E-state index is 13.3. The molecule has 6 nitrogen and oxygen atoms in total. The van der Waals surface area contributed by atoms with Gasteiger partial charge in [0.2, 0.25) is 5.54 Å². The van der Waals surface area contributed by atoms with E-state index in [2.05, 4.69) is 5.32 Å². The summed E-state index contributed by atoms with van der Waals surface area (Å²) in [5, 5.41) is 13.5. The Morgan fingerprint density at radius 1 is 0.968 bits per heavy atom. The van der Waals surface area contributed by atoms with E-state index in [1.54, 1.807) is 13.8 Å². The van der Waals surface area contributed by atoms with Gasteiger partial charge in [-0.1, -0.05) is 72.8 Å². The lowest BCUT2D eigenvalue weighted by Crippen LogP contribution is -2.60. The van der Waals surface area contributed by atoms with E-state index < -0.39 is 35.4 Å². The van der Waals surface area contributed by atoms with Gasteiger partial charge in [-0.05, 0) is 25.0 Å². The Bertz CT molecular complexity index is 879. The van der Waals surface area contributed by atoms with Gasteiger partial charge < -0.3 is 14.6 Å². The molecule has 0 aromatic heterocycles. The zero-order valence-electron chi connectivity index (χ0n) is 17.9. The summed E-state index contributed by atoms with van der Waals surface area (Å²) < 4.78 is 10.7. The van der Waals surface area contributed by atoms with Gasteiger partial charge in [0.25, 0.3) is 0 Å². The summed E-state index contributed by atoms with van der Waals surface area (Å²) in [7, 11) is 0. The summed E-state index contributed by atoms with van der Waals surface area (Å²) in [6, 6.07) is 18.5. The van der Waals surface area contributed by atoms with Crippen molar-refractivity contribution in [2.75, 3.05) is 19.8 Å². The molecule has 3 atom stereocenters. The van der Waals surface area contributed by atoms with Crippen LogP contribution in [0.15, 0.2) is 66.7 Å². The van der Waals surface area contributed by atoms with Crippen molar-refractivity contribution in [3.63, 3.8) is 0 Å². The van der Waals surface area contributed by atoms with Gasteiger partial charge in [-0.15, -0.1) is 0 Å². The Hall–Kier alpha value is -2.96. The molecular formula is C25H29NO5. The minimum atomic E-state index is -1.76. The summed E-state index contributed by atoms with van der Waals surface area (Å²) in [5.74, 6) is -2.51. The standard InChI is InChI=1S/C25H29NO5/c1-3-30-23(28)25(24(29)31-4-2)22(19-13-9-6-10-14-19)20(17-27)21(26-25)16-15-18-11-7-5-8-12-18/h5-16,20-22,26-27H,3-4,17H2,1-2H3/b16-15+/t20-,21+,22+/m0/s1. The predicted molar refractivity (Wildman–Crippen MR) is 118 cm³/mol. The quantitative estimate of drug-likeness (QED) is 0.502. The average Bonchev–Trinajstić information content (AvgIpc) is 3.15. The fourth-order valence-electron chi connectivity index (χ4n) is 4.28. The van der Waals surface area contributed by atoms with E-state index in [0.717, 1.165) is 11.1 Å². The van der Waals surface area contributed by atoms with Crippen LogP contribution in [0.1, 0.15) is 30.9 Å². The molecular weight excluding hydrogens is 394 g/mol. The number of carbonyl (C=O) groups is 2. The van der Waals surface area contributed by atoms with Crippen LogP contribution in [0.5, 0.6) is 0 Å². The molecule has 2 aromatic rings. The Morgan fingerprint density at radius 3 is 2.03 bits per heavy atom. The maximum Gasteiger partial charge on any atom is 0.338 e. The molecule has 1 aliphatic heterocycles. The minimum absolute atomic E-state index is 0.123. The normalized spacial score (nSPS) is 22.4. The van der Waals surface area contributed by atoms with Crippen molar-refractivity contribution in [3.05, 3.63) is 77.9 Å². The van der Waals surface area contributed by atoms with Gasteiger partial charge >= 0.3 is 11.9 Å². The minimum Gasteiger partial charge on any atom is -0.464 e. The first kappa shape index (κ1) is 22.7. The topological polar surface area (TPSA) is 84.9 Å². The van der Waals surface area contributed by atoms with E-state index in [4.69, 9.17) is 9.47 Å². The first-order valence-electron chi connectivity index (χ1n) is 10.6. The summed E-state index contributed by atoms with van der Waals surface area (Å²) in [6.07, 6.45) is 3.79. The third-order valence-corrected chi connectivity index (χ3v) is 5.61. The molecule has 0 saturated carbocycles. The van der Waals surface area contributed by atoms with Gasteiger partial charge in [-0.3, -0.25) is 5.32 Å². The fourth-order valence-corrected chi connectivity index (χ4v) is 4.28. The maximum atomic E-state index is 13.3. The van der Waals surface area contributed by atoms with Crippen LogP contribution in [-0.2, 0) is 19.1 Å². The molecule has 0 bridgehead atoms. The van der Waals surface area contributed by atoms with Gasteiger partial charge in [-0.2, -0.15) is 0 Å². The van der Waals surface area contributed by atoms with Crippen molar-refractivity contribution in [2.24, 2.45) is 5.92 Å². The van der Waals surface area contributed by atoms with Crippen molar-refractivity contribution in [3.8, 4) is 0 Å². The zero-order chi connectivity index (χ0) is 22.3. The molecule has 0 radical (unpaired) electrons. The highest BCUT2D eigenvalue weighted by molar-refractivity contribution is 6.07. The molecule has 6 heteroatoms. The number of carbonyl (C=O) groups excluding carboxylic acids is 2. The SMILES string of the molecule is CCOC(=O)C1(C(=O)OCC)N[C@H](/C=C/c2ccccc2)[C@H](CO)[C@H]1c1ccccc1. The molecule has 164 valence electrons. The van der Waals surface area contributed by atoms with Crippen LogP contribution in [0, 0.1) is 5.92 Å². The second kappa shape index (κ2) is 10.4. The number of hydrogen-bond acceptors (Lipinski definition) is 6. The van der Waals surface area contributed by atoms with E-state index in [9.17, 15) is 14.7 Å². The number of nitrogens with one attached hydrogen (secondary N) is 1. The molecule has 0 amide bonds. The second-order valence-electron chi connectivity index (χ2n) is 7.42. The highest BCUT2D eigenvalue weighted by Gasteiger charge is 2.64. The zero-order valence-corrected chi connectivity index (χ0v) is 17.9. The lowest BCUT2D eigenvalue weighted by molar-refractivity contribution is -0.166. The summed E-state index contributed by atoms with van der Waals surface area (Å²) in [5.41, 5.74) is -0.0280. The lowest BCUT2D eigenvalue weighted by Gasteiger charge is -2.32. The van der Waals surface area contributed by atoms with Crippen LogP contribution in [0.25, 0.3) is 6.08 Å². The monoisotopic (exact) mass is 423 g/mol. The lowest BCUT2D eigenvalue weighted by atomic mass is 9.74. The molecule has 2 aromatic carbocycles. The Labute approximate surface area is 182 Å². The molecule has 1 fully saturated rings. The number of ether oxygens (including phenoxy) is 2. The number of hydrogen-bond donors (Lipinski definition) is 2. The Morgan fingerprint density at radius 2 is 1.52 bits per heavy atom. The third-order valence-electron chi connectivity index (χ3n) is 5.61. The van der Waals surface area contributed by atoms with Gasteiger partial charge in [0.15, 0.2) is 0 Å². The Balaban J connectivity index is 2.11. The van der Waals surface area contributed by atoms with Crippen molar-refractivity contribution < 1.29 is 24.2 Å². The van der Waals surface area contributed by atoms with Crippen LogP contribution in [0.2, 0.25) is 0 Å². The summed E-state index contributed by atoms with van der Waals surface area (Å²) in [4.78, 5) is 26.5. The molecule has 1 aliphatic rings. The molecule has 1 saturated heterocycles. The largest absolute Gasteiger partial charge is 0.464 e. The van der Waals surface area contributed by atoms with Crippen LogP contribution < -0.4 is 5.32 Å². The van der Waals surface area contributed by atoms with Crippen LogP contribution in [-0.4, -0.2) is 48.4 Å². The van der Waals surface area contributed by atoms with E-state index in [1.807, 2.05) is 72.8 Å². The number of benzene rings is 2. The molecule has 0 unspecified atom stereocenters. The number of aliphatic hydroxyl groups excluding tert-OH is 1. The first-order valence-corrected chi connectivity index (χ1v) is 10.6. The van der Waals surface area contributed by atoms with E-state index in [1.165, 1.54) is 0 Å². The summed E-state index contributed by atoms with van der Waals surface area (Å²) >= 11 is 0. The van der Waals surface area contributed by atoms with Gasteiger partial charge in [0.1, 0.15) is 0 Å². The molecule has 0 spiro atoms. The third kappa shape index (κ3) is 4.55. The molecule has 2 N–H and O–H groups in total. The summed E-state index contributed by atoms with van der Waals surface area (Å²) in [6.45, 7) is 3.41. The second-order valence-corrected chi connectivity index (χ2v) is 7.42. The van der Waals surface area contributed by atoms with E-state index in [0.29, 0.717) is 0 Å². The number of rotatable bonds is 8. The number of esters is 2. The van der Waals surface area contributed by atoms with Crippen LogP contribution in [0.3, 0.4) is 0 Å². The smallest absolute Gasteiger partial charge is 0.338 e. The fraction of sp³-hybridized carbons (Fsp3) is 0.360. The van der Waals surface area contributed by atoms with Crippen molar-refractivity contribution in [1.82, 2.24) is 5.32 Å². The van der Waals surface area contributed by atoms with E-state index in [-0.39, 0.29) is 19.8 Å². The molecule has 0 aliphatic carbocycles. The molecule has 3 rings (SSSR count). The predicted octanol–water partition coefficient (Wildman–Crippen LogP) is 2.93. The van der Waals surface area contributed by atoms with Crippen molar-refractivity contribution >= 4 is 18.0 Å². The number of aliphatic hydroxyl groups is 1. The van der Waals surface area contributed by atoms with Crippen molar-refractivity contribution in [2.45, 2.75) is 31.3 Å². The highest BCUT2D eigenvalue weighted by Crippen LogP contribution is 2.45. The first-order chi connectivity index (χ1) is 15.1. The molecule has 31 heavy (non-hydrogen) atoms. The highest BCUT2D eigenvalue weighted by atomic mass is 16.6. The average molecular weight is 424 g/mol. The van der Waals surface area contributed by atoms with Crippen LogP contribution >= 0.6 is 0 Å². The van der Waals surface area contributed by atoms with E-state index >= 15 is 0 Å². The van der Waals surface area contributed by atoms with Crippen molar-refractivity contribution in [1.29, 1.82) is 0 Å². The Kier molecular flexibility index (Phi) is 7.60.